The molecule has 0 saturated carbocycles. The molecule has 0 spiro atoms. The molecule has 3 N–H and O–H groups in total. The van der Waals surface area contributed by atoms with Gasteiger partial charge in [0.15, 0.2) is 0 Å². The van der Waals surface area contributed by atoms with Gasteiger partial charge in [0.25, 0.3) is 11.8 Å². The second kappa shape index (κ2) is 5.23. The Bertz CT molecular complexity index is 651. The van der Waals surface area contributed by atoms with E-state index in [0.717, 1.165) is 0 Å². The topological polar surface area (TPSA) is 90.0 Å². The Balaban J connectivity index is 2.30. The normalized spacial score (nSPS) is 10.2. The quantitative estimate of drug-likeness (QED) is 0.897. The Morgan fingerprint density at radius 2 is 2.05 bits per heavy atom. The van der Waals surface area contributed by atoms with E-state index in [-0.39, 0.29) is 17.3 Å². The number of carbonyl (C=O) groups excluding carboxylic acids is 2. The number of aryl methyl sites for hydroxylation is 1. The third kappa shape index (κ3) is 2.65. The van der Waals surface area contributed by atoms with Gasteiger partial charge in [-0.05, 0) is 28.1 Å². The van der Waals surface area contributed by atoms with E-state index >= 15 is 0 Å². The SMILES string of the molecule is Cn1ncc(NC(=O)c2ccccc2Br)c1C(N)=O. The van der Waals surface area contributed by atoms with Gasteiger partial charge in [-0.25, -0.2) is 0 Å². The largest absolute Gasteiger partial charge is 0.364 e. The van der Waals surface area contributed by atoms with Crippen LogP contribution in [0.15, 0.2) is 34.9 Å². The molecule has 0 unspecified atom stereocenters. The summed E-state index contributed by atoms with van der Waals surface area (Å²) in [6, 6.07) is 6.98. The van der Waals surface area contributed by atoms with E-state index in [2.05, 4.69) is 26.3 Å². The molecule has 0 bridgehead atoms. The number of rotatable bonds is 3. The molecule has 0 saturated heterocycles. The maximum Gasteiger partial charge on any atom is 0.269 e. The molecule has 0 aliphatic heterocycles. The molecule has 1 aromatic carbocycles. The van der Waals surface area contributed by atoms with Gasteiger partial charge < -0.3 is 11.1 Å². The fourth-order valence-electron chi connectivity index (χ4n) is 1.66. The van der Waals surface area contributed by atoms with Crippen LogP contribution in [0, 0.1) is 0 Å². The first-order valence-electron chi connectivity index (χ1n) is 5.38. The number of anilines is 1. The molecule has 1 heterocycles. The molecule has 98 valence electrons. The van der Waals surface area contributed by atoms with Crippen molar-refractivity contribution < 1.29 is 9.59 Å². The minimum atomic E-state index is -0.651. The lowest BCUT2D eigenvalue weighted by atomic mass is 10.2. The summed E-state index contributed by atoms with van der Waals surface area (Å²) in [6.07, 6.45) is 1.38. The number of halogens is 1. The molecule has 0 atom stereocenters. The van der Waals surface area contributed by atoms with Gasteiger partial charge in [0.2, 0.25) is 0 Å². The molecule has 0 radical (unpaired) electrons. The van der Waals surface area contributed by atoms with E-state index in [1.807, 2.05) is 0 Å². The molecule has 7 heteroatoms. The maximum atomic E-state index is 12.1. The Labute approximate surface area is 117 Å². The highest BCUT2D eigenvalue weighted by atomic mass is 79.9. The Morgan fingerprint density at radius 3 is 2.68 bits per heavy atom. The molecule has 1 aromatic heterocycles. The van der Waals surface area contributed by atoms with E-state index in [4.69, 9.17) is 5.73 Å². The number of amides is 2. The lowest BCUT2D eigenvalue weighted by Gasteiger charge is -2.06. The number of hydrogen-bond acceptors (Lipinski definition) is 3. The van der Waals surface area contributed by atoms with Crippen molar-refractivity contribution in [3.63, 3.8) is 0 Å². The minimum Gasteiger partial charge on any atom is -0.364 e. The molecule has 0 aliphatic carbocycles. The van der Waals surface area contributed by atoms with Crippen molar-refractivity contribution in [2.75, 3.05) is 5.32 Å². The average Bonchev–Trinajstić information content (AvgIpc) is 2.70. The van der Waals surface area contributed by atoms with E-state index in [1.165, 1.54) is 10.9 Å². The van der Waals surface area contributed by atoms with E-state index in [9.17, 15) is 9.59 Å². The third-order valence-corrected chi connectivity index (χ3v) is 3.23. The van der Waals surface area contributed by atoms with E-state index in [0.29, 0.717) is 10.0 Å². The van der Waals surface area contributed by atoms with Gasteiger partial charge in [0, 0.05) is 11.5 Å². The highest BCUT2D eigenvalue weighted by molar-refractivity contribution is 9.10. The molecule has 6 nitrogen and oxygen atoms in total. The minimum absolute atomic E-state index is 0.153. The number of primary amides is 1. The van der Waals surface area contributed by atoms with Gasteiger partial charge in [-0.15, -0.1) is 0 Å². The van der Waals surface area contributed by atoms with Gasteiger partial charge in [-0.1, -0.05) is 12.1 Å². The van der Waals surface area contributed by atoms with Crippen molar-refractivity contribution >= 4 is 33.4 Å². The second-order valence-electron chi connectivity index (χ2n) is 3.83. The van der Waals surface area contributed by atoms with E-state index < -0.39 is 5.91 Å². The van der Waals surface area contributed by atoms with Crippen LogP contribution < -0.4 is 11.1 Å². The van der Waals surface area contributed by atoms with Crippen LogP contribution in [0.3, 0.4) is 0 Å². The molecule has 0 fully saturated rings. The van der Waals surface area contributed by atoms with Crippen LogP contribution in [0.2, 0.25) is 0 Å². The summed E-state index contributed by atoms with van der Waals surface area (Å²) < 4.78 is 1.98. The molecule has 2 rings (SSSR count). The predicted molar refractivity (Wildman–Crippen MR) is 73.8 cm³/mol. The summed E-state index contributed by atoms with van der Waals surface area (Å²) in [5.74, 6) is -0.995. The van der Waals surface area contributed by atoms with Crippen LogP contribution in [0.1, 0.15) is 20.8 Å². The average molecular weight is 323 g/mol. The molecular weight excluding hydrogens is 312 g/mol. The van der Waals surface area contributed by atoms with Gasteiger partial charge >= 0.3 is 0 Å². The van der Waals surface area contributed by atoms with Crippen molar-refractivity contribution in [1.82, 2.24) is 9.78 Å². The predicted octanol–water partition coefficient (Wildman–Crippen LogP) is 1.53. The van der Waals surface area contributed by atoms with Crippen molar-refractivity contribution in [1.29, 1.82) is 0 Å². The molecular formula is C12H11BrN4O2. The summed E-state index contributed by atoms with van der Waals surface area (Å²) in [5.41, 5.74) is 6.14. The third-order valence-electron chi connectivity index (χ3n) is 2.54. The number of nitrogens with two attached hydrogens (primary N) is 1. The van der Waals surface area contributed by atoms with Gasteiger partial charge in [0.05, 0.1) is 17.4 Å². The Hall–Kier alpha value is -2.15. The van der Waals surface area contributed by atoms with Gasteiger partial charge in [-0.2, -0.15) is 5.10 Å². The zero-order valence-corrected chi connectivity index (χ0v) is 11.6. The highest BCUT2D eigenvalue weighted by Crippen LogP contribution is 2.19. The van der Waals surface area contributed by atoms with Crippen molar-refractivity contribution in [3.05, 3.63) is 46.2 Å². The van der Waals surface area contributed by atoms with Crippen LogP contribution in [0.5, 0.6) is 0 Å². The number of nitrogens with one attached hydrogen (secondary N) is 1. The summed E-state index contributed by atoms with van der Waals surface area (Å²) in [7, 11) is 1.58. The van der Waals surface area contributed by atoms with Crippen molar-refractivity contribution in [3.8, 4) is 0 Å². The first-order valence-corrected chi connectivity index (χ1v) is 6.17. The first-order chi connectivity index (χ1) is 9.00. The highest BCUT2D eigenvalue weighted by Gasteiger charge is 2.17. The molecule has 19 heavy (non-hydrogen) atoms. The van der Waals surface area contributed by atoms with Crippen molar-refractivity contribution in [2.24, 2.45) is 12.8 Å². The van der Waals surface area contributed by atoms with E-state index in [1.54, 1.807) is 31.3 Å². The lowest BCUT2D eigenvalue weighted by Crippen LogP contribution is -2.20. The summed E-state index contributed by atoms with van der Waals surface area (Å²) in [5, 5.41) is 6.51. The second-order valence-corrected chi connectivity index (χ2v) is 4.68. The molecule has 0 aliphatic rings. The molecule has 2 amide bonds. The fourth-order valence-corrected chi connectivity index (χ4v) is 2.12. The number of hydrogen-bond donors (Lipinski definition) is 2. The van der Waals surface area contributed by atoms with Gasteiger partial charge in [0.1, 0.15) is 5.69 Å². The zero-order valence-electron chi connectivity index (χ0n) is 10.1. The zero-order chi connectivity index (χ0) is 14.0. The smallest absolute Gasteiger partial charge is 0.269 e. The van der Waals surface area contributed by atoms with Gasteiger partial charge in [-0.3, -0.25) is 14.3 Å². The maximum absolute atomic E-state index is 12.1. The Morgan fingerprint density at radius 1 is 1.37 bits per heavy atom. The fraction of sp³-hybridized carbons (Fsp3) is 0.0833. The summed E-state index contributed by atoms with van der Waals surface area (Å²) in [4.78, 5) is 23.4. The number of benzene rings is 1. The summed E-state index contributed by atoms with van der Waals surface area (Å²) >= 11 is 3.29. The monoisotopic (exact) mass is 322 g/mol. The lowest BCUT2D eigenvalue weighted by molar-refractivity contribution is 0.0992. The Kier molecular flexibility index (Phi) is 3.66. The standard InChI is InChI=1S/C12H11BrN4O2/c1-17-10(11(14)18)9(6-15-17)16-12(19)7-4-2-3-5-8(7)13/h2-6H,1H3,(H2,14,18)(H,16,19). The van der Waals surface area contributed by atoms with Crippen LogP contribution in [0.25, 0.3) is 0 Å². The molecule has 2 aromatic rings. The summed E-state index contributed by atoms with van der Waals surface area (Å²) in [6.45, 7) is 0. The van der Waals surface area contributed by atoms with Crippen LogP contribution in [-0.2, 0) is 7.05 Å². The number of aromatic nitrogens is 2. The number of carbonyl (C=O) groups is 2. The van der Waals surface area contributed by atoms with Crippen LogP contribution in [0.4, 0.5) is 5.69 Å². The number of nitrogens with zero attached hydrogens (tertiary/aromatic N) is 2. The van der Waals surface area contributed by atoms with Crippen LogP contribution >= 0.6 is 15.9 Å². The van der Waals surface area contributed by atoms with Crippen LogP contribution in [-0.4, -0.2) is 21.6 Å². The first kappa shape index (κ1) is 13.3. The van der Waals surface area contributed by atoms with Crippen molar-refractivity contribution in [2.45, 2.75) is 0 Å².